The van der Waals surface area contributed by atoms with Crippen LogP contribution in [0.2, 0.25) is 0 Å². The second kappa shape index (κ2) is 7.36. The fourth-order valence-electron chi connectivity index (χ4n) is 2.67. The molecule has 3 rings (SSSR count). The van der Waals surface area contributed by atoms with Crippen LogP contribution in [0, 0.1) is 6.92 Å². The van der Waals surface area contributed by atoms with Crippen molar-refractivity contribution in [2.45, 2.75) is 6.92 Å². The summed E-state index contributed by atoms with van der Waals surface area (Å²) in [6, 6.07) is 7.07. The number of hydrogen-bond donors (Lipinski definition) is 2. The van der Waals surface area contributed by atoms with Crippen LogP contribution in [0.1, 0.15) is 5.82 Å². The molecule has 1 aliphatic rings. The highest BCUT2D eigenvalue weighted by atomic mass is 16.5. The van der Waals surface area contributed by atoms with Gasteiger partial charge in [-0.1, -0.05) is 17.3 Å². The van der Waals surface area contributed by atoms with Gasteiger partial charge in [0, 0.05) is 6.54 Å². The van der Waals surface area contributed by atoms with E-state index < -0.39 is 11.9 Å². The molecule has 1 aliphatic heterocycles. The summed E-state index contributed by atoms with van der Waals surface area (Å²) in [5.74, 6) is -0.220. The van der Waals surface area contributed by atoms with Gasteiger partial charge in [-0.05, 0) is 19.1 Å². The Bertz CT molecular complexity index is 874. The number of nitrogens with one attached hydrogen (secondary N) is 1. The van der Waals surface area contributed by atoms with Crippen molar-refractivity contribution < 1.29 is 24.0 Å². The number of para-hydroxylation sites is 1. The number of anilines is 1. The molecular weight excluding hydrogens is 340 g/mol. The summed E-state index contributed by atoms with van der Waals surface area (Å²) in [5, 5.41) is 15.9. The molecule has 0 aliphatic carbocycles. The Balaban J connectivity index is 1.98. The fourth-order valence-corrected chi connectivity index (χ4v) is 2.67. The number of ether oxygens (including phenoxy) is 1. The summed E-state index contributed by atoms with van der Waals surface area (Å²) in [7, 11) is 1.25. The molecule has 1 aromatic heterocycles. The minimum atomic E-state index is -0.604. The van der Waals surface area contributed by atoms with Gasteiger partial charge in [0.05, 0.1) is 37.1 Å². The molecule has 0 radical (unpaired) electrons. The van der Waals surface area contributed by atoms with Crippen LogP contribution in [0.5, 0.6) is 0 Å². The minimum Gasteiger partial charge on any atom is -0.466 e. The number of methoxy groups -OCH3 is 1. The van der Waals surface area contributed by atoms with Gasteiger partial charge < -0.3 is 24.6 Å². The first-order valence-electron chi connectivity index (χ1n) is 7.93. The van der Waals surface area contributed by atoms with E-state index in [-0.39, 0.29) is 31.0 Å². The number of aryl methyl sites for hydroxylation is 1. The maximum Gasteiger partial charge on any atom is 0.337 e. The van der Waals surface area contributed by atoms with Crippen molar-refractivity contribution in [3.05, 3.63) is 41.4 Å². The summed E-state index contributed by atoms with van der Waals surface area (Å²) in [5.41, 5.74) is 1.43. The lowest BCUT2D eigenvalue weighted by atomic mass is 10.1. The Kier molecular flexibility index (Phi) is 4.99. The van der Waals surface area contributed by atoms with Crippen molar-refractivity contribution in [2.75, 3.05) is 32.1 Å². The SMILES string of the molecule is COC(=O)C1=C(Nc2ccccc2-c2nc(C)no2)C(=O)N(CCO)C1. The molecule has 9 nitrogen and oxygen atoms in total. The van der Waals surface area contributed by atoms with E-state index in [0.29, 0.717) is 23.0 Å². The molecule has 1 aromatic carbocycles. The van der Waals surface area contributed by atoms with E-state index in [1.807, 2.05) is 0 Å². The lowest BCUT2D eigenvalue weighted by molar-refractivity contribution is -0.136. The van der Waals surface area contributed by atoms with Crippen LogP contribution in [0.4, 0.5) is 5.69 Å². The van der Waals surface area contributed by atoms with Gasteiger partial charge in [0.25, 0.3) is 11.8 Å². The van der Waals surface area contributed by atoms with Gasteiger partial charge >= 0.3 is 5.97 Å². The number of hydrogen-bond acceptors (Lipinski definition) is 8. The summed E-state index contributed by atoms with van der Waals surface area (Å²) >= 11 is 0. The van der Waals surface area contributed by atoms with Crippen LogP contribution >= 0.6 is 0 Å². The summed E-state index contributed by atoms with van der Waals surface area (Å²) in [6.07, 6.45) is 0. The number of carbonyl (C=O) groups is 2. The second-order valence-corrected chi connectivity index (χ2v) is 5.61. The Hall–Kier alpha value is -3.20. The number of β-amino-alcohol motifs (C(OH)–C–C–N with tert-alkyl or cyclic N) is 1. The molecule has 136 valence electrons. The van der Waals surface area contributed by atoms with Crippen LogP contribution < -0.4 is 5.32 Å². The van der Waals surface area contributed by atoms with E-state index >= 15 is 0 Å². The Morgan fingerprint density at radius 2 is 2.19 bits per heavy atom. The van der Waals surface area contributed by atoms with Crippen molar-refractivity contribution in [1.29, 1.82) is 0 Å². The molecule has 1 amide bonds. The molecule has 2 aromatic rings. The van der Waals surface area contributed by atoms with Crippen LogP contribution in [-0.4, -0.2) is 58.8 Å². The van der Waals surface area contributed by atoms with Crippen molar-refractivity contribution in [2.24, 2.45) is 0 Å². The van der Waals surface area contributed by atoms with E-state index in [9.17, 15) is 9.59 Å². The Morgan fingerprint density at radius 3 is 2.85 bits per heavy atom. The first kappa shape index (κ1) is 17.6. The first-order valence-corrected chi connectivity index (χ1v) is 7.93. The van der Waals surface area contributed by atoms with Gasteiger partial charge in [0.15, 0.2) is 5.82 Å². The zero-order chi connectivity index (χ0) is 18.7. The summed E-state index contributed by atoms with van der Waals surface area (Å²) in [6.45, 7) is 1.69. The average molecular weight is 358 g/mol. The second-order valence-electron chi connectivity index (χ2n) is 5.61. The van der Waals surface area contributed by atoms with Crippen LogP contribution in [0.3, 0.4) is 0 Å². The smallest absolute Gasteiger partial charge is 0.337 e. The lowest BCUT2D eigenvalue weighted by Crippen LogP contribution is -2.31. The Labute approximate surface area is 149 Å². The highest BCUT2D eigenvalue weighted by molar-refractivity contribution is 6.09. The molecule has 0 atom stereocenters. The molecule has 0 saturated heterocycles. The number of esters is 1. The molecule has 0 unspecified atom stereocenters. The van der Waals surface area contributed by atoms with E-state index in [1.54, 1.807) is 31.2 Å². The number of carbonyl (C=O) groups excluding carboxylic acids is 2. The highest BCUT2D eigenvalue weighted by Gasteiger charge is 2.34. The molecule has 0 bridgehead atoms. The molecule has 0 spiro atoms. The maximum absolute atomic E-state index is 12.6. The number of amides is 1. The molecule has 2 N–H and O–H groups in total. The van der Waals surface area contributed by atoms with Gasteiger partial charge in [-0.2, -0.15) is 4.98 Å². The van der Waals surface area contributed by atoms with Crippen LogP contribution in [0.25, 0.3) is 11.5 Å². The molecule has 26 heavy (non-hydrogen) atoms. The number of benzene rings is 1. The average Bonchev–Trinajstić information content (AvgIpc) is 3.20. The van der Waals surface area contributed by atoms with E-state index in [4.69, 9.17) is 14.4 Å². The largest absolute Gasteiger partial charge is 0.466 e. The van der Waals surface area contributed by atoms with E-state index in [0.717, 1.165) is 0 Å². The highest BCUT2D eigenvalue weighted by Crippen LogP contribution is 2.30. The zero-order valence-electron chi connectivity index (χ0n) is 14.4. The van der Waals surface area contributed by atoms with Crippen LogP contribution in [0.15, 0.2) is 40.1 Å². The number of aliphatic hydroxyl groups excluding tert-OH is 1. The zero-order valence-corrected chi connectivity index (χ0v) is 14.4. The first-order chi connectivity index (χ1) is 12.5. The van der Waals surface area contributed by atoms with E-state index in [2.05, 4.69) is 15.5 Å². The predicted octanol–water partition coefficient (Wildman–Crippen LogP) is 0.719. The van der Waals surface area contributed by atoms with Crippen molar-refractivity contribution in [3.8, 4) is 11.5 Å². The number of aromatic nitrogens is 2. The van der Waals surface area contributed by atoms with Crippen molar-refractivity contribution in [1.82, 2.24) is 15.0 Å². The monoisotopic (exact) mass is 358 g/mol. The molecule has 2 heterocycles. The van der Waals surface area contributed by atoms with Gasteiger partial charge in [-0.15, -0.1) is 0 Å². The molecule has 9 heteroatoms. The molecule has 0 saturated carbocycles. The standard InChI is InChI=1S/C17H18N4O5/c1-10-18-15(26-20-10)11-5-3-4-6-13(11)19-14-12(17(24)25-2)9-21(7-8-22)16(14)23/h3-6,19,22H,7-9H2,1-2H3. The lowest BCUT2D eigenvalue weighted by Gasteiger charge is -2.15. The van der Waals surface area contributed by atoms with Crippen molar-refractivity contribution in [3.63, 3.8) is 0 Å². The Morgan fingerprint density at radius 1 is 1.42 bits per heavy atom. The predicted molar refractivity (Wildman–Crippen MR) is 90.8 cm³/mol. The minimum absolute atomic E-state index is 0.0657. The normalized spacial score (nSPS) is 14.1. The molecule has 0 fully saturated rings. The number of rotatable bonds is 6. The maximum atomic E-state index is 12.6. The summed E-state index contributed by atoms with van der Waals surface area (Å²) < 4.78 is 9.98. The van der Waals surface area contributed by atoms with Gasteiger partial charge in [-0.3, -0.25) is 4.79 Å². The fraction of sp³-hybridized carbons (Fsp3) is 0.294. The van der Waals surface area contributed by atoms with Crippen molar-refractivity contribution >= 4 is 17.6 Å². The topological polar surface area (TPSA) is 118 Å². The molecular formula is C17H18N4O5. The van der Waals surface area contributed by atoms with Crippen LogP contribution in [-0.2, 0) is 14.3 Å². The quantitative estimate of drug-likeness (QED) is 0.725. The third-order valence-corrected chi connectivity index (χ3v) is 3.90. The summed E-state index contributed by atoms with van der Waals surface area (Å²) in [4.78, 5) is 30.2. The third-order valence-electron chi connectivity index (χ3n) is 3.90. The number of nitrogens with zero attached hydrogens (tertiary/aromatic N) is 3. The van der Waals surface area contributed by atoms with Gasteiger partial charge in [-0.25, -0.2) is 4.79 Å². The van der Waals surface area contributed by atoms with E-state index in [1.165, 1.54) is 12.0 Å². The number of aliphatic hydroxyl groups is 1. The van der Waals surface area contributed by atoms with Gasteiger partial charge in [0.1, 0.15) is 5.70 Å². The van der Waals surface area contributed by atoms with Gasteiger partial charge in [0.2, 0.25) is 0 Å². The third kappa shape index (κ3) is 3.29.